The van der Waals surface area contributed by atoms with E-state index in [4.69, 9.17) is 4.74 Å². The fourth-order valence-corrected chi connectivity index (χ4v) is 4.26. The van der Waals surface area contributed by atoms with E-state index in [9.17, 15) is 4.79 Å². The predicted molar refractivity (Wildman–Crippen MR) is 122 cm³/mol. The quantitative estimate of drug-likeness (QED) is 0.603. The number of rotatable bonds is 1. The molecule has 2 aliphatic carbocycles. The molecule has 3 nitrogen and oxygen atoms in total. The molecule has 0 spiro atoms. The molecular weight excluding hydrogens is 370 g/mol. The van der Waals surface area contributed by atoms with Crippen LogP contribution in [0.15, 0.2) is 60.9 Å². The predicted octanol–water partition coefficient (Wildman–Crippen LogP) is 4.70. The van der Waals surface area contributed by atoms with Crippen molar-refractivity contribution >= 4 is 18.1 Å². The van der Waals surface area contributed by atoms with Crippen LogP contribution in [0.5, 0.6) is 0 Å². The molecule has 5 rings (SSSR count). The van der Waals surface area contributed by atoms with Crippen molar-refractivity contribution < 1.29 is 9.53 Å². The van der Waals surface area contributed by atoms with Gasteiger partial charge in [-0.05, 0) is 84.9 Å². The van der Waals surface area contributed by atoms with Crippen molar-refractivity contribution in [1.82, 2.24) is 4.98 Å². The minimum absolute atomic E-state index is 0.0991. The molecule has 1 unspecified atom stereocenters. The molecular formula is C27H29NO2. The molecule has 30 heavy (non-hydrogen) atoms. The number of ether oxygens (including phenoxy) is 1. The van der Waals surface area contributed by atoms with Gasteiger partial charge in [0.25, 0.3) is 0 Å². The van der Waals surface area contributed by atoms with Crippen molar-refractivity contribution in [3.8, 4) is 11.1 Å². The molecule has 1 heterocycles. The molecule has 0 amide bonds. The molecule has 0 aliphatic heterocycles. The van der Waals surface area contributed by atoms with Gasteiger partial charge in [0.2, 0.25) is 0 Å². The molecule has 3 heteroatoms. The Morgan fingerprint density at radius 2 is 1.70 bits per heavy atom. The number of carbonyl (C=O) groups excluding carboxylic acids is 1. The zero-order valence-electron chi connectivity index (χ0n) is 17.9. The Balaban J connectivity index is 0.000000383. The first kappa shape index (κ1) is 20.2. The third-order valence-electron chi connectivity index (χ3n) is 5.52. The van der Waals surface area contributed by atoms with E-state index >= 15 is 0 Å². The largest absolute Gasteiger partial charge is 0.459 e. The Morgan fingerprint density at radius 3 is 2.40 bits per heavy atom. The molecule has 1 atom stereocenters. The first-order valence-corrected chi connectivity index (χ1v) is 10.7. The van der Waals surface area contributed by atoms with Crippen LogP contribution in [-0.4, -0.2) is 16.6 Å². The highest BCUT2D eigenvalue weighted by atomic mass is 16.6. The first-order chi connectivity index (χ1) is 14.4. The lowest BCUT2D eigenvalue weighted by atomic mass is 9.82. The van der Waals surface area contributed by atoms with Crippen molar-refractivity contribution in [2.45, 2.75) is 51.6 Å². The molecule has 2 aliphatic rings. The normalized spacial score (nSPS) is 16.4. The van der Waals surface area contributed by atoms with Gasteiger partial charge in [0.05, 0.1) is 5.92 Å². The van der Waals surface area contributed by atoms with Crippen LogP contribution in [0.25, 0.3) is 23.3 Å². The molecule has 0 fully saturated rings. The Morgan fingerprint density at radius 1 is 0.933 bits per heavy atom. The van der Waals surface area contributed by atoms with Crippen LogP contribution in [0.1, 0.15) is 50.7 Å². The molecule has 154 valence electrons. The zero-order valence-corrected chi connectivity index (χ0v) is 17.9. The van der Waals surface area contributed by atoms with Gasteiger partial charge in [0.1, 0.15) is 5.60 Å². The van der Waals surface area contributed by atoms with Gasteiger partial charge in [0, 0.05) is 12.4 Å². The molecule has 0 saturated heterocycles. The van der Waals surface area contributed by atoms with Crippen LogP contribution in [0.4, 0.5) is 0 Å². The molecule has 0 saturated carbocycles. The summed E-state index contributed by atoms with van der Waals surface area (Å²) in [5.41, 5.74) is 4.64. The Labute approximate surface area is 178 Å². The summed E-state index contributed by atoms with van der Waals surface area (Å²) in [6.07, 6.45) is 11.1. The van der Waals surface area contributed by atoms with Crippen LogP contribution >= 0.6 is 0 Å². The molecule has 1 aromatic heterocycles. The van der Waals surface area contributed by atoms with E-state index in [1.54, 1.807) is 0 Å². The van der Waals surface area contributed by atoms with Gasteiger partial charge in [-0.1, -0.05) is 48.6 Å². The Kier molecular flexibility index (Phi) is 5.63. The van der Waals surface area contributed by atoms with Crippen LogP contribution in [0.3, 0.4) is 0 Å². The van der Waals surface area contributed by atoms with E-state index in [0.717, 1.165) is 24.8 Å². The van der Waals surface area contributed by atoms with Gasteiger partial charge in [-0.25, -0.2) is 0 Å². The summed E-state index contributed by atoms with van der Waals surface area (Å²) >= 11 is 0. The second-order valence-electron chi connectivity index (χ2n) is 8.85. The maximum absolute atomic E-state index is 12.7. The highest BCUT2D eigenvalue weighted by molar-refractivity contribution is 5.81. The van der Waals surface area contributed by atoms with Crippen LogP contribution in [-0.2, 0) is 16.0 Å². The van der Waals surface area contributed by atoms with E-state index in [0.29, 0.717) is 0 Å². The van der Waals surface area contributed by atoms with Gasteiger partial charge in [-0.3, -0.25) is 4.79 Å². The van der Waals surface area contributed by atoms with Gasteiger partial charge >= 0.3 is 5.97 Å². The van der Waals surface area contributed by atoms with Gasteiger partial charge in [0.15, 0.2) is 0 Å². The number of esters is 1. The lowest BCUT2D eigenvalue weighted by Gasteiger charge is -2.27. The fourth-order valence-electron chi connectivity index (χ4n) is 4.26. The number of aromatic nitrogens is 1. The standard InChI is InChI=1S/C23H24O2.C4H5N/c1-23(2,3)25-22(24)21-10-6-9-17-19-12-11-15-7-4-5-8-16(15)18(19)13-14-20(17)21;1-2-4-5-3-1/h4-5,7-9,12-14,21H,6,10-11H2,1-3H3;1-5H. The van der Waals surface area contributed by atoms with Gasteiger partial charge < -0.3 is 9.72 Å². The summed E-state index contributed by atoms with van der Waals surface area (Å²) in [4.78, 5) is 15.6. The molecule has 2 aromatic carbocycles. The molecule has 3 aromatic rings. The minimum atomic E-state index is -0.447. The van der Waals surface area contributed by atoms with Crippen molar-refractivity contribution in [3.63, 3.8) is 0 Å². The molecule has 0 radical (unpaired) electrons. The van der Waals surface area contributed by atoms with E-state index in [1.165, 1.54) is 27.1 Å². The van der Waals surface area contributed by atoms with E-state index < -0.39 is 5.60 Å². The van der Waals surface area contributed by atoms with E-state index in [-0.39, 0.29) is 11.9 Å². The third kappa shape index (κ3) is 4.25. The SMILES string of the molecule is CC(C)(C)OC(=O)C1CCC=c2c1ccc1c2=CCc2ccccc2-1.c1cc[nH]c1. The summed E-state index contributed by atoms with van der Waals surface area (Å²) in [6, 6.07) is 16.8. The van der Waals surface area contributed by atoms with E-state index in [2.05, 4.69) is 53.5 Å². The smallest absolute Gasteiger partial charge is 0.313 e. The van der Waals surface area contributed by atoms with Gasteiger partial charge in [-0.2, -0.15) is 0 Å². The maximum atomic E-state index is 12.7. The number of H-pyrrole nitrogens is 1. The number of aromatic amines is 1. The second-order valence-corrected chi connectivity index (χ2v) is 8.85. The number of fused-ring (bicyclic) bond motifs is 5. The third-order valence-corrected chi connectivity index (χ3v) is 5.52. The summed E-state index contributed by atoms with van der Waals surface area (Å²) in [7, 11) is 0. The Hall–Kier alpha value is -3.07. The van der Waals surface area contributed by atoms with Crippen molar-refractivity contribution in [2.24, 2.45) is 0 Å². The van der Waals surface area contributed by atoms with Crippen LogP contribution < -0.4 is 10.4 Å². The molecule has 1 N–H and O–H groups in total. The highest BCUT2D eigenvalue weighted by Crippen LogP contribution is 2.29. The van der Waals surface area contributed by atoms with Crippen molar-refractivity contribution in [2.75, 3.05) is 0 Å². The first-order valence-electron chi connectivity index (χ1n) is 10.7. The average molecular weight is 400 g/mol. The zero-order chi connectivity index (χ0) is 21.1. The topological polar surface area (TPSA) is 42.1 Å². The second kappa shape index (κ2) is 8.35. The highest BCUT2D eigenvalue weighted by Gasteiger charge is 2.29. The van der Waals surface area contributed by atoms with Crippen molar-refractivity contribution in [3.05, 3.63) is 82.5 Å². The minimum Gasteiger partial charge on any atom is -0.459 e. The fraction of sp³-hybridized carbons (Fsp3) is 0.296. The Bertz CT molecular complexity index is 1130. The number of hydrogen-bond donors (Lipinski definition) is 1. The van der Waals surface area contributed by atoms with Gasteiger partial charge in [-0.15, -0.1) is 0 Å². The van der Waals surface area contributed by atoms with E-state index in [1.807, 2.05) is 45.3 Å². The number of benzene rings is 2. The molecule has 0 bridgehead atoms. The summed E-state index contributed by atoms with van der Waals surface area (Å²) in [6.45, 7) is 5.79. The lowest BCUT2D eigenvalue weighted by Crippen LogP contribution is -2.38. The lowest BCUT2D eigenvalue weighted by molar-refractivity contribution is -0.157. The number of nitrogens with one attached hydrogen (secondary N) is 1. The maximum Gasteiger partial charge on any atom is 0.313 e. The number of hydrogen-bond acceptors (Lipinski definition) is 2. The van der Waals surface area contributed by atoms with Crippen LogP contribution in [0.2, 0.25) is 0 Å². The van der Waals surface area contributed by atoms with Crippen molar-refractivity contribution in [1.29, 1.82) is 0 Å². The summed E-state index contributed by atoms with van der Waals surface area (Å²) in [5, 5.41) is 2.51. The number of carbonyl (C=O) groups is 1. The van der Waals surface area contributed by atoms with Crippen LogP contribution in [0, 0.1) is 0 Å². The summed E-state index contributed by atoms with van der Waals surface area (Å²) < 4.78 is 5.67. The monoisotopic (exact) mass is 399 g/mol. The average Bonchev–Trinajstić information content (AvgIpc) is 3.32. The summed E-state index contributed by atoms with van der Waals surface area (Å²) in [5.74, 6) is -0.256.